The molecule has 3 aromatic rings. The number of halogens is 3. The van der Waals surface area contributed by atoms with Crippen molar-refractivity contribution < 1.29 is 32.6 Å². The fourth-order valence-electron chi connectivity index (χ4n) is 3.64. The summed E-state index contributed by atoms with van der Waals surface area (Å²) in [6.45, 7) is 6.67. The predicted octanol–water partition coefficient (Wildman–Crippen LogP) is 7.06. The summed E-state index contributed by atoms with van der Waals surface area (Å²) in [5, 5.41) is 12.1. The zero-order valence-corrected chi connectivity index (χ0v) is 20.4. The van der Waals surface area contributed by atoms with E-state index >= 15 is 0 Å². The van der Waals surface area contributed by atoms with Crippen molar-refractivity contribution >= 4 is 17.6 Å². The van der Waals surface area contributed by atoms with Gasteiger partial charge in [-0.15, -0.1) is 0 Å². The van der Waals surface area contributed by atoms with Gasteiger partial charge < -0.3 is 15.2 Å². The third-order valence-electron chi connectivity index (χ3n) is 5.83. The molecule has 0 aliphatic carbocycles. The summed E-state index contributed by atoms with van der Waals surface area (Å²) in [6, 6.07) is 17.1. The van der Waals surface area contributed by atoms with Gasteiger partial charge in [0.2, 0.25) is 5.91 Å². The van der Waals surface area contributed by atoms with Gasteiger partial charge in [-0.25, -0.2) is 4.79 Å². The number of nitrogens with one attached hydrogen (secondary N) is 1. The van der Waals surface area contributed by atoms with E-state index in [1.54, 1.807) is 36.4 Å². The highest BCUT2D eigenvalue weighted by molar-refractivity contribution is 5.91. The normalized spacial score (nSPS) is 12.6. The second-order valence-electron chi connectivity index (χ2n) is 9.25. The Bertz CT molecular complexity index is 1250. The largest absolute Gasteiger partial charge is 0.478 e. The number of benzene rings is 3. The van der Waals surface area contributed by atoms with Gasteiger partial charge in [-0.2, -0.15) is 13.2 Å². The van der Waals surface area contributed by atoms with E-state index in [1.165, 1.54) is 19.9 Å². The van der Waals surface area contributed by atoms with Crippen LogP contribution in [0, 0.1) is 6.92 Å². The quantitative estimate of drug-likeness (QED) is 0.348. The van der Waals surface area contributed by atoms with Crippen LogP contribution in [0.25, 0.3) is 11.1 Å². The minimum absolute atomic E-state index is 0.116. The van der Waals surface area contributed by atoms with Crippen molar-refractivity contribution in [1.29, 1.82) is 0 Å². The van der Waals surface area contributed by atoms with Crippen LogP contribution in [0.2, 0.25) is 0 Å². The predicted molar refractivity (Wildman–Crippen MR) is 132 cm³/mol. The smallest absolute Gasteiger partial charge is 0.416 e. The second-order valence-corrected chi connectivity index (χ2v) is 9.25. The molecule has 190 valence electrons. The Kier molecular flexibility index (Phi) is 7.77. The molecule has 3 aromatic carbocycles. The van der Waals surface area contributed by atoms with Crippen LogP contribution in [0.1, 0.15) is 49.8 Å². The van der Waals surface area contributed by atoms with E-state index in [0.717, 1.165) is 23.3 Å². The summed E-state index contributed by atoms with van der Waals surface area (Å²) in [6.07, 6.45) is -4.21. The highest BCUT2D eigenvalue weighted by atomic mass is 19.4. The summed E-state index contributed by atoms with van der Waals surface area (Å²) >= 11 is 0. The van der Waals surface area contributed by atoms with Crippen LogP contribution in [-0.4, -0.2) is 22.6 Å². The third kappa shape index (κ3) is 6.65. The van der Waals surface area contributed by atoms with Crippen LogP contribution in [-0.2, 0) is 15.8 Å². The number of amides is 1. The molecular weight excluding hydrogens is 471 g/mol. The number of carbonyl (C=O) groups is 2. The summed E-state index contributed by atoms with van der Waals surface area (Å²) in [5.41, 5.74) is 1.17. The number of carboxylic acid groups (broad SMARTS) is 1. The first-order chi connectivity index (χ1) is 16.8. The molecule has 0 saturated heterocycles. The van der Waals surface area contributed by atoms with Crippen molar-refractivity contribution in [3.05, 3.63) is 83.4 Å². The van der Waals surface area contributed by atoms with Gasteiger partial charge in [-0.3, -0.25) is 4.79 Å². The number of anilines is 1. The molecule has 0 radical (unpaired) electrons. The summed E-state index contributed by atoms with van der Waals surface area (Å²) < 4.78 is 44.6. The van der Waals surface area contributed by atoms with Gasteiger partial charge >= 0.3 is 12.1 Å². The van der Waals surface area contributed by atoms with Crippen LogP contribution in [0.5, 0.6) is 5.75 Å². The maximum Gasteiger partial charge on any atom is 0.416 e. The zero-order valence-electron chi connectivity index (χ0n) is 20.4. The first-order valence-electron chi connectivity index (χ1n) is 11.4. The Morgan fingerprint density at radius 1 is 0.972 bits per heavy atom. The molecule has 0 aromatic heterocycles. The SMILES string of the molecule is Cc1cc(C(C)CC(=O)Nc2ccc(-c3cccc(C(F)(F)F)c3)cc2)ccc1OC(C)(C)C(=O)O. The van der Waals surface area contributed by atoms with E-state index in [2.05, 4.69) is 5.32 Å². The number of alkyl halides is 3. The molecule has 0 aliphatic rings. The molecule has 0 bridgehead atoms. The number of hydrogen-bond acceptors (Lipinski definition) is 3. The lowest BCUT2D eigenvalue weighted by Crippen LogP contribution is -2.38. The van der Waals surface area contributed by atoms with Crippen molar-refractivity contribution in [3.8, 4) is 16.9 Å². The van der Waals surface area contributed by atoms with E-state index in [1.807, 2.05) is 26.0 Å². The highest BCUT2D eigenvalue weighted by Gasteiger charge is 2.31. The fraction of sp³-hybridized carbons (Fsp3) is 0.286. The van der Waals surface area contributed by atoms with Crippen molar-refractivity contribution in [2.24, 2.45) is 0 Å². The van der Waals surface area contributed by atoms with E-state index in [4.69, 9.17) is 4.74 Å². The minimum Gasteiger partial charge on any atom is -0.478 e. The first kappa shape index (κ1) is 26.8. The number of aliphatic carboxylic acids is 1. The summed E-state index contributed by atoms with van der Waals surface area (Å²) in [7, 11) is 0. The van der Waals surface area contributed by atoms with Crippen LogP contribution in [0.15, 0.2) is 66.7 Å². The molecule has 0 aliphatic heterocycles. The maximum atomic E-state index is 13.0. The van der Waals surface area contributed by atoms with Crippen molar-refractivity contribution in [2.45, 2.75) is 51.8 Å². The first-order valence-corrected chi connectivity index (χ1v) is 11.4. The minimum atomic E-state index is -4.42. The van der Waals surface area contributed by atoms with Crippen molar-refractivity contribution in [1.82, 2.24) is 0 Å². The van der Waals surface area contributed by atoms with Crippen LogP contribution in [0.3, 0.4) is 0 Å². The fourth-order valence-corrected chi connectivity index (χ4v) is 3.64. The molecule has 1 amide bonds. The molecule has 1 atom stereocenters. The third-order valence-corrected chi connectivity index (χ3v) is 5.83. The Morgan fingerprint density at radius 2 is 1.64 bits per heavy atom. The van der Waals surface area contributed by atoms with E-state index < -0.39 is 23.3 Å². The lowest BCUT2D eigenvalue weighted by Gasteiger charge is -2.23. The topological polar surface area (TPSA) is 75.6 Å². The molecule has 0 saturated carbocycles. The number of aryl methyl sites for hydroxylation is 1. The lowest BCUT2D eigenvalue weighted by molar-refractivity contribution is -0.152. The van der Waals surface area contributed by atoms with Crippen LogP contribution >= 0.6 is 0 Å². The molecule has 8 heteroatoms. The summed E-state index contributed by atoms with van der Waals surface area (Å²) in [5.74, 6) is -0.934. The molecule has 0 heterocycles. The zero-order chi connectivity index (χ0) is 26.7. The highest BCUT2D eigenvalue weighted by Crippen LogP contribution is 2.33. The van der Waals surface area contributed by atoms with E-state index in [9.17, 15) is 27.9 Å². The average Bonchev–Trinajstić information content (AvgIpc) is 2.80. The van der Waals surface area contributed by atoms with Crippen LogP contribution < -0.4 is 10.1 Å². The Labute approximate surface area is 207 Å². The number of hydrogen-bond donors (Lipinski definition) is 2. The Balaban J connectivity index is 1.63. The van der Waals surface area contributed by atoms with E-state index in [0.29, 0.717) is 22.6 Å². The van der Waals surface area contributed by atoms with Crippen molar-refractivity contribution in [2.75, 3.05) is 5.32 Å². The van der Waals surface area contributed by atoms with Crippen LogP contribution in [0.4, 0.5) is 18.9 Å². The number of carboxylic acids is 1. The van der Waals surface area contributed by atoms with Gasteiger partial charge in [0.25, 0.3) is 0 Å². The van der Waals surface area contributed by atoms with Gasteiger partial charge in [0.15, 0.2) is 5.60 Å². The molecule has 0 fully saturated rings. The summed E-state index contributed by atoms with van der Waals surface area (Å²) in [4.78, 5) is 23.9. The lowest BCUT2D eigenvalue weighted by atomic mass is 9.95. The standard InChI is InChI=1S/C28H28F3NO4/c1-17(20-10-13-24(18(2)14-20)36-27(3,4)26(34)35)15-25(33)32-23-11-8-19(9-12-23)21-6-5-7-22(16-21)28(29,30)31/h5-14,16-17H,15H2,1-4H3,(H,32,33)(H,34,35). The molecule has 5 nitrogen and oxygen atoms in total. The molecule has 0 spiro atoms. The second kappa shape index (κ2) is 10.4. The van der Waals surface area contributed by atoms with Gasteiger partial charge in [0, 0.05) is 12.1 Å². The molecule has 3 rings (SSSR count). The van der Waals surface area contributed by atoms with Gasteiger partial charge in [-0.05, 0) is 79.3 Å². The molecule has 2 N–H and O–H groups in total. The maximum absolute atomic E-state index is 13.0. The Morgan fingerprint density at radius 3 is 2.22 bits per heavy atom. The van der Waals surface area contributed by atoms with Gasteiger partial charge in [-0.1, -0.05) is 43.3 Å². The number of rotatable bonds is 8. The molecule has 36 heavy (non-hydrogen) atoms. The number of carbonyl (C=O) groups excluding carboxylic acids is 1. The van der Waals surface area contributed by atoms with E-state index in [-0.39, 0.29) is 18.2 Å². The molecule has 1 unspecified atom stereocenters. The number of ether oxygens (including phenoxy) is 1. The van der Waals surface area contributed by atoms with Gasteiger partial charge in [0.05, 0.1) is 5.56 Å². The monoisotopic (exact) mass is 499 g/mol. The van der Waals surface area contributed by atoms with Crippen molar-refractivity contribution in [3.63, 3.8) is 0 Å². The molecular formula is C28H28F3NO4. The Hall–Kier alpha value is -3.81. The van der Waals surface area contributed by atoms with Gasteiger partial charge in [0.1, 0.15) is 5.75 Å². The average molecular weight is 500 g/mol.